The zero-order valence-electron chi connectivity index (χ0n) is 11.4. The Morgan fingerprint density at radius 1 is 1.50 bits per heavy atom. The Labute approximate surface area is 126 Å². The summed E-state index contributed by atoms with van der Waals surface area (Å²) < 4.78 is 2.76. The molecule has 1 aliphatic rings. The number of aryl methyl sites for hydroxylation is 2. The average molecular weight is 336 g/mol. The lowest BCUT2D eigenvalue weighted by atomic mass is 9.92. The molecule has 0 bridgehead atoms. The molecule has 1 aromatic heterocycles. The van der Waals surface area contributed by atoms with E-state index >= 15 is 0 Å². The van der Waals surface area contributed by atoms with Gasteiger partial charge < -0.3 is 10.8 Å². The topological polar surface area (TPSA) is 64.1 Å². The lowest BCUT2D eigenvalue weighted by Gasteiger charge is -2.26. The maximum atomic E-state index is 11.3. The van der Waals surface area contributed by atoms with Gasteiger partial charge >= 0.3 is 0 Å². The predicted molar refractivity (Wildman–Crippen MR) is 82.4 cm³/mol. The fraction of sp³-hybridized carbons (Fsp3) is 0.400. The minimum atomic E-state index is -0.979. The SMILES string of the molecule is CCCn1ncc(Br)c1C1(O)CCc2cc(N)ccc21. The van der Waals surface area contributed by atoms with Crippen molar-refractivity contribution >= 4 is 21.6 Å². The van der Waals surface area contributed by atoms with Gasteiger partial charge in [-0.3, -0.25) is 4.68 Å². The van der Waals surface area contributed by atoms with Crippen LogP contribution in [0.2, 0.25) is 0 Å². The maximum absolute atomic E-state index is 11.3. The molecule has 0 amide bonds. The van der Waals surface area contributed by atoms with Crippen LogP contribution >= 0.6 is 15.9 Å². The molecule has 0 radical (unpaired) electrons. The summed E-state index contributed by atoms with van der Waals surface area (Å²) in [6.07, 6.45) is 4.24. The second-order valence-corrected chi connectivity index (χ2v) is 6.20. The van der Waals surface area contributed by atoms with Gasteiger partial charge in [0.1, 0.15) is 5.60 Å². The Morgan fingerprint density at radius 3 is 3.05 bits per heavy atom. The van der Waals surface area contributed by atoms with E-state index in [9.17, 15) is 5.11 Å². The van der Waals surface area contributed by atoms with E-state index in [4.69, 9.17) is 5.73 Å². The van der Waals surface area contributed by atoms with Gasteiger partial charge in [-0.25, -0.2) is 0 Å². The molecule has 0 aliphatic heterocycles. The van der Waals surface area contributed by atoms with Crippen LogP contribution in [0.4, 0.5) is 5.69 Å². The van der Waals surface area contributed by atoms with Gasteiger partial charge in [0.05, 0.1) is 16.4 Å². The summed E-state index contributed by atoms with van der Waals surface area (Å²) in [4.78, 5) is 0. The minimum Gasteiger partial charge on any atom is -0.399 e. The van der Waals surface area contributed by atoms with E-state index in [2.05, 4.69) is 28.0 Å². The first-order valence-electron chi connectivity index (χ1n) is 6.89. The Hall–Kier alpha value is -1.33. The van der Waals surface area contributed by atoms with E-state index in [-0.39, 0.29) is 0 Å². The molecule has 20 heavy (non-hydrogen) atoms. The molecule has 4 nitrogen and oxygen atoms in total. The van der Waals surface area contributed by atoms with Crippen LogP contribution in [0.25, 0.3) is 0 Å². The third-order valence-corrected chi connectivity index (χ3v) is 4.53. The summed E-state index contributed by atoms with van der Waals surface area (Å²) in [5, 5.41) is 15.6. The molecule has 3 N–H and O–H groups in total. The minimum absolute atomic E-state index is 0.666. The number of aliphatic hydroxyl groups is 1. The number of rotatable bonds is 3. The highest BCUT2D eigenvalue weighted by atomic mass is 79.9. The number of nitrogens with zero attached hydrogens (tertiary/aromatic N) is 2. The van der Waals surface area contributed by atoms with Crippen LogP contribution in [-0.4, -0.2) is 14.9 Å². The van der Waals surface area contributed by atoms with Crippen molar-refractivity contribution in [3.05, 3.63) is 45.7 Å². The molecule has 1 aliphatic carbocycles. The van der Waals surface area contributed by atoms with Crippen LogP contribution in [-0.2, 0) is 18.6 Å². The number of hydrogen-bond acceptors (Lipinski definition) is 3. The first kappa shape index (κ1) is 13.6. The molecule has 0 fully saturated rings. The Kier molecular flexibility index (Phi) is 3.34. The van der Waals surface area contributed by atoms with Crippen molar-refractivity contribution in [2.45, 2.75) is 38.3 Å². The van der Waals surface area contributed by atoms with E-state index in [0.29, 0.717) is 6.42 Å². The van der Waals surface area contributed by atoms with Gasteiger partial charge in [0.25, 0.3) is 0 Å². The number of anilines is 1. The molecule has 3 rings (SSSR count). The molecule has 2 aromatic rings. The van der Waals surface area contributed by atoms with E-state index < -0.39 is 5.60 Å². The standard InChI is InChI=1S/C15H18BrN3O/c1-2-7-19-14(13(16)9-18-19)15(20)6-5-10-8-11(17)3-4-12(10)15/h3-4,8-9,20H,2,5-7,17H2,1H3. The van der Waals surface area contributed by atoms with Crippen LogP contribution in [0.5, 0.6) is 0 Å². The zero-order chi connectivity index (χ0) is 14.3. The number of nitrogen functional groups attached to an aromatic ring is 1. The van der Waals surface area contributed by atoms with Crippen molar-refractivity contribution in [3.8, 4) is 0 Å². The lowest BCUT2D eigenvalue weighted by molar-refractivity contribution is 0.0719. The van der Waals surface area contributed by atoms with Gasteiger partial charge in [0, 0.05) is 12.2 Å². The van der Waals surface area contributed by atoms with Gasteiger partial charge in [-0.15, -0.1) is 0 Å². The molecule has 106 valence electrons. The maximum Gasteiger partial charge on any atom is 0.133 e. The van der Waals surface area contributed by atoms with E-state index in [1.54, 1.807) is 6.20 Å². The first-order valence-corrected chi connectivity index (χ1v) is 7.68. The molecular formula is C15H18BrN3O. The van der Waals surface area contributed by atoms with E-state index in [0.717, 1.165) is 46.4 Å². The van der Waals surface area contributed by atoms with Crippen molar-refractivity contribution in [2.24, 2.45) is 0 Å². The van der Waals surface area contributed by atoms with Crippen molar-refractivity contribution in [1.29, 1.82) is 0 Å². The predicted octanol–water partition coefficient (Wildman–Crippen LogP) is 2.82. The second-order valence-electron chi connectivity index (χ2n) is 5.34. The zero-order valence-corrected chi connectivity index (χ0v) is 13.0. The molecule has 0 saturated carbocycles. The van der Waals surface area contributed by atoms with Crippen LogP contribution in [0, 0.1) is 0 Å². The van der Waals surface area contributed by atoms with Gasteiger partial charge in [-0.1, -0.05) is 13.0 Å². The summed E-state index contributed by atoms with van der Waals surface area (Å²) in [5.74, 6) is 0. The third kappa shape index (κ3) is 1.96. The number of aromatic nitrogens is 2. The Morgan fingerprint density at radius 2 is 2.30 bits per heavy atom. The summed E-state index contributed by atoms with van der Waals surface area (Å²) in [5.41, 5.74) is 8.53. The first-order chi connectivity index (χ1) is 9.56. The third-order valence-electron chi connectivity index (χ3n) is 3.95. The Balaban J connectivity index is 2.14. The van der Waals surface area contributed by atoms with Crippen molar-refractivity contribution in [3.63, 3.8) is 0 Å². The summed E-state index contributed by atoms with van der Waals surface area (Å²) in [7, 11) is 0. The van der Waals surface area contributed by atoms with E-state index in [1.807, 2.05) is 22.9 Å². The molecular weight excluding hydrogens is 318 g/mol. The van der Waals surface area contributed by atoms with Gasteiger partial charge in [-0.05, 0) is 58.5 Å². The fourth-order valence-corrected chi connectivity index (χ4v) is 3.70. The molecule has 1 atom stereocenters. The van der Waals surface area contributed by atoms with Crippen LogP contribution < -0.4 is 5.73 Å². The summed E-state index contributed by atoms with van der Waals surface area (Å²) in [6.45, 7) is 2.90. The number of halogens is 1. The van der Waals surface area contributed by atoms with Crippen molar-refractivity contribution < 1.29 is 5.11 Å². The highest BCUT2D eigenvalue weighted by molar-refractivity contribution is 9.10. The van der Waals surface area contributed by atoms with Crippen molar-refractivity contribution in [2.75, 3.05) is 5.73 Å². The van der Waals surface area contributed by atoms with Crippen LogP contribution in [0.15, 0.2) is 28.9 Å². The number of nitrogens with two attached hydrogens (primary N) is 1. The summed E-state index contributed by atoms with van der Waals surface area (Å²) in [6, 6.07) is 5.75. The molecule has 0 saturated heterocycles. The van der Waals surface area contributed by atoms with Crippen LogP contribution in [0.3, 0.4) is 0 Å². The quantitative estimate of drug-likeness (QED) is 0.847. The molecule has 5 heteroatoms. The highest BCUT2D eigenvalue weighted by Crippen LogP contribution is 2.44. The molecule has 1 unspecified atom stereocenters. The van der Waals surface area contributed by atoms with Crippen molar-refractivity contribution in [1.82, 2.24) is 9.78 Å². The molecule has 1 aromatic carbocycles. The highest BCUT2D eigenvalue weighted by Gasteiger charge is 2.42. The number of hydrogen-bond donors (Lipinski definition) is 2. The molecule has 0 spiro atoms. The number of fused-ring (bicyclic) bond motifs is 1. The lowest BCUT2D eigenvalue weighted by Crippen LogP contribution is -2.28. The van der Waals surface area contributed by atoms with Crippen LogP contribution in [0.1, 0.15) is 36.6 Å². The smallest absolute Gasteiger partial charge is 0.133 e. The number of benzene rings is 1. The van der Waals surface area contributed by atoms with Gasteiger partial charge in [-0.2, -0.15) is 5.10 Å². The summed E-state index contributed by atoms with van der Waals surface area (Å²) >= 11 is 3.53. The van der Waals surface area contributed by atoms with E-state index in [1.165, 1.54) is 0 Å². The van der Waals surface area contributed by atoms with Gasteiger partial charge in [0.15, 0.2) is 0 Å². The normalized spacial score (nSPS) is 21.1. The Bertz CT molecular complexity index is 653. The molecule has 1 heterocycles. The second kappa shape index (κ2) is 4.90. The van der Waals surface area contributed by atoms with Gasteiger partial charge in [0.2, 0.25) is 0 Å². The largest absolute Gasteiger partial charge is 0.399 e. The monoisotopic (exact) mass is 335 g/mol. The average Bonchev–Trinajstić information content (AvgIpc) is 2.93. The fourth-order valence-electron chi connectivity index (χ4n) is 3.08.